The van der Waals surface area contributed by atoms with Crippen LogP contribution in [0.1, 0.15) is 79.2 Å². The first-order valence-corrected chi connectivity index (χ1v) is 10.9. The molecule has 0 radical (unpaired) electrons. The molecule has 0 bridgehead atoms. The van der Waals surface area contributed by atoms with Crippen LogP contribution in [0.25, 0.3) is 0 Å². The molecule has 2 rings (SSSR count). The first kappa shape index (κ1) is 20.9. The van der Waals surface area contributed by atoms with Gasteiger partial charge in [0, 0.05) is 25.6 Å². The number of piperidine rings is 1. The van der Waals surface area contributed by atoms with Crippen LogP contribution >= 0.6 is 11.3 Å². The molecule has 0 saturated carbocycles. The van der Waals surface area contributed by atoms with Gasteiger partial charge in [0.25, 0.3) is 5.91 Å². The lowest BCUT2D eigenvalue weighted by atomic mass is 9.95. The number of hydrogen-bond donors (Lipinski definition) is 1. The second kappa shape index (κ2) is 10.7. The Morgan fingerprint density at radius 2 is 1.85 bits per heavy atom. The van der Waals surface area contributed by atoms with E-state index in [1.165, 1.54) is 0 Å². The molecule has 146 valence electrons. The van der Waals surface area contributed by atoms with Gasteiger partial charge in [-0.15, -0.1) is 11.3 Å². The van der Waals surface area contributed by atoms with Crippen LogP contribution in [0.4, 0.5) is 0 Å². The summed E-state index contributed by atoms with van der Waals surface area (Å²) in [5, 5.41) is 4.11. The Labute approximate surface area is 161 Å². The van der Waals surface area contributed by atoms with Crippen LogP contribution in [0, 0.1) is 12.8 Å². The van der Waals surface area contributed by atoms with E-state index in [9.17, 15) is 9.59 Å². The molecule has 5 nitrogen and oxygen atoms in total. The van der Waals surface area contributed by atoms with Crippen molar-refractivity contribution in [2.75, 3.05) is 19.6 Å². The molecule has 0 unspecified atom stereocenters. The molecule has 1 aliphatic heterocycles. The molecule has 0 aliphatic carbocycles. The summed E-state index contributed by atoms with van der Waals surface area (Å²) < 4.78 is 0. The highest BCUT2D eigenvalue weighted by Crippen LogP contribution is 2.25. The van der Waals surface area contributed by atoms with Crippen molar-refractivity contribution in [1.29, 1.82) is 0 Å². The first-order valence-electron chi connectivity index (χ1n) is 10.1. The van der Waals surface area contributed by atoms with Crippen molar-refractivity contribution in [3.05, 3.63) is 15.6 Å². The molecular weight excluding hydrogens is 346 g/mol. The van der Waals surface area contributed by atoms with E-state index in [-0.39, 0.29) is 17.7 Å². The highest BCUT2D eigenvalue weighted by atomic mass is 32.1. The van der Waals surface area contributed by atoms with Crippen LogP contribution in [0.15, 0.2) is 0 Å². The van der Waals surface area contributed by atoms with Gasteiger partial charge in [0.1, 0.15) is 4.88 Å². The number of nitrogens with zero attached hydrogens (tertiary/aromatic N) is 2. The van der Waals surface area contributed by atoms with Crippen LogP contribution in [0.2, 0.25) is 0 Å². The molecule has 2 heterocycles. The number of amides is 2. The Hall–Kier alpha value is -1.43. The van der Waals surface area contributed by atoms with E-state index < -0.39 is 0 Å². The zero-order valence-corrected chi connectivity index (χ0v) is 17.3. The molecule has 2 amide bonds. The zero-order chi connectivity index (χ0) is 18.9. The molecule has 0 atom stereocenters. The Bertz CT molecular complexity index is 592. The van der Waals surface area contributed by atoms with E-state index in [4.69, 9.17) is 0 Å². The molecule has 0 aromatic carbocycles. The minimum Gasteiger partial charge on any atom is -0.356 e. The normalized spacial score (nSPS) is 15.3. The Kier molecular flexibility index (Phi) is 8.55. The smallest absolute Gasteiger partial charge is 0.265 e. The summed E-state index contributed by atoms with van der Waals surface area (Å²) in [4.78, 5) is 32.3. The maximum absolute atomic E-state index is 12.8. The van der Waals surface area contributed by atoms with E-state index in [2.05, 4.69) is 24.1 Å². The quantitative estimate of drug-likeness (QED) is 0.661. The largest absolute Gasteiger partial charge is 0.356 e. The SMILES string of the molecule is CCCCCNC(=O)C1CCN(C(=O)c2sc(CCCC)nc2C)CC1. The Balaban J connectivity index is 1.82. The van der Waals surface area contributed by atoms with Crippen LogP contribution in [0.5, 0.6) is 0 Å². The molecule has 1 fully saturated rings. The maximum Gasteiger partial charge on any atom is 0.265 e. The highest BCUT2D eigenvalue weighted by Gasteiger charge is 2.29. The molecule has 1 aromatic heterocycles. The second-order valence-electron chi connectivity index (χ2n) is 7.19. The highest BCUT2D eigenvalue weighted by molar-refractivity contribution is 7.13. The van der Waals surface area contributed by atoms with Gasteiger partial charge in [-0.25, -0.2) is 4.98 Å². The summed E-state index contributed by atoms with van der Waals surface area (Å²) in [6.45, 7) is 8.34. The van der Waals surface area contributed by atoms with E-state index in [0.29, 0.717) is 13.1 Å². The minimum atomic E-state index is 0.0448. The van der Waals surface area contributed by atoms with E-state index in [0.717, 1.165) is 73.5 Å². The number of unbranched alkanes of at least 4 members (excludes halogenated alkanes) is 3. The molecule has 6 heteroatoms. The Morgan fingerprint density at radius 3 is 2.50 bits per heavy atom. The summed E-state index contributed by atoms with van der Waals surface area (Å²) >= 11 is 1.54. The van der Waals surface area contributed by atoms with Crippen molar-refractivity contribution >= 4 is 23.2 Å². The number of carbonyl (C=O) groups is 2. The van der Waals surface area contributed by atoms with Gasteiger partial charge in [-0.3, -0.25) is 9.59 Å². The van der Waals surface area contributed by atoms with Crippen LogP contribution in [-0.4, -0.2) is 41.3 Å². The minimum absolute atomic E-state index is 0.0448. The monoisotopic (exact) mass is 379 g/mol. The number of hydrogen-bond acceptors (Lipinski definition) is 4. The van der Waals surface area contributed by atoms with Crippen molar-refractivity contribution in [1.82, 2.24) is 15.2 Å². The summed E-state index contributed by atoms with van der Waals surface area (Å²) in [7, 11) is 0. The topological polar surface area (TPSA) is 62.3 Å². The lowest BCUT2D eigenvalue weighted by molar-refractivity contribution is -0.126. The van der Waals surface area contributed by atoms with Gasteiger partial charge in [-0.2, -0.15) is 0 Å². The number of aryl methyl sites for hydroxylation is 2. The summed E-state index contributed by atoms with van der Waals surface area (Å²) in [5.74, 6) is 0.289. The van der Waals surface area contributed by atoms with E-state index in [1.807, 2.05) is 11.8 Å². The fourth-order valence-corrected chi connectivity index (χ4v) is 4.38. The lowest BCUT2D eigenvalue weighted by Crippen LogP contribution is -2.43. The van der Waals surface area contributed by atoms with Crippen molar-refractivity contribution in [2.45, 2.75) is 72.1 Å². The van der Waals surface area contributed by atoms with Crippen molar-refractivity contribution in [2.24, 2.45) is 5.92 Å². The molecule has 1 N–H and O–H groups in total. The number of likely N-dealkylation sites (tertiary alicyclic amines) is 1. The standard InChI is InChI=1S/C20H33N3O2S/c1-4-6-8-12-21-19(24)16-10-13-23(14-11-16)20(25)18-15(3)22-17(26-18)9-7-5-2/h16H,4-14H2,1-3H3,(H,21,24). The predicted octanol–water partition coefficient (Wildman–Crippen LogP) is 3.95. The second-order valence-corrected chi connectivity index (χ2v) is 8.27. The molecular formula is C20H33N3O2S. The van der Waals surface area contributed by atoms with Crippen LogP contribution < -0.4 is 5.32 Å². The third-order valence-corrected chi connectivity index (χ3v) is 6.22. The zero-order valence-electron chi connectivity index (χ0n) is 16.5. The van der Waals surface area contributed by atoms with E-state index in [1.54, 1.807) is 11.3 Å². The van der Waals surface area contributed by atoms with Gasteiger partial charge >= 0.3 is 0 Å². The van der Waals surface area contributed by atoms with Crippen molar-refractivity contribution in [3.63, 3.8) is 0 Å². The van der Waals surface area contributed by atoms with Crippen LogP contribution in [-0.2, 0) is 11.2 Å². The summed E-state index contributed by atoms with van der Waals surface area (Å²) in [5.41, 5.74) is 0.849. The number of rotatable bonds is 9. The number of nitrogens with one attached hydrogen (secondary N) is 1. The third kappa shape index (κ3) is 5.79. The fourth-order valence-electron chi connectivity index (χ4n) is 3.30. The maximum atomic E-state index is 12.8. The van der Waals surface area contributed by atoms with E-state index >= 15 is 0 Å². The predicted molar refractivity (Wildman–Crippen MR) is 107 cm³/mol. The van der Waals surface area contributed by atoms with Gasteiger partial charge in [-0.1, -0.05) is 33.1 Å². The van der Waals surface area contributed by atoms with Gasteiger partial charge in [0.15, 0.2) is 0 Å². The average Bonchev–Trinajstić information content (AvgIpc) is 3.03. The molecule has 1 aliphatic rings. The fraction of sp³-hybridized carbons (Fsp3) is 0.750. The molecule has 26 heavy (non-hydrogen) atoms. The van der Waals surface area contributed by atoms with Crippen molar-refractivity contribution < 1.29 is 9.59 Å². The lowest BCUT2D eigenvalue weighted by Gasteiger charge is -2.31. The number of carbonyl (C=O) groups excluding carboxylic acids is 2. The van der Waals surface area contributed by atoms with Crippen molar-refractivity contribution in [3.8, 4) is 0 Å². The number of aromatic nitrogens is 1. The summed E-state index contributed by atoms with van der Waals surface area (Å²) in [6, 6.07) is 0. The van der Waals surface area contributed by atoms with Gasteiger partial charge in [0.05, 0.1) is 10.7 Å². The first-order chi connectivity index (χ1) is 12.6. The van der Waals surface area contributed by atoms with Gasteiger partial charge < -0.3 is 10.2 Å². The average molecular weight is 380 g/mol. The molecule has 1 saturated heterocycles. The third-order valence-electron chi connectivity index (χ3n) is 5.01. The van der Waals surface area contributed by atoms with Crippen LogP contribution in [0.3, 0.4) is 0 Å². The molecule has 1 aromatic rings. The number of thiazole rings is 1. The Morgan fingerprint density at radius 1 is 1.15 bits per heavy atom. The van der Waals surface area contributed by atoms with Gasteiger partial charge in [-0.05, 0) is 39.0 Å². The van der Waals surface area contributed by atoms with Gasteiger partial charge in [0.2, 0.25) is 5.91 Å². The molecule has 0 spiro atoms. The summed E-state index contributed by atoms with van der Waals surface area (Å²) in [6.07, 6.45) is 8.07.